The summed E-state index contributed by atoms with van der Waals surface area (Å²) >= 11 is 4.46. The molecule has 3 rings (SSSR count). The largest absolute Gasteiger partial charge is 0.304 e. The highest BCUT2D eigenvalue weighted by Gasteiger charge is 2.16. The Kier molecular flexibility index (Phi) is 4.67. The van der Waals surface area contributed by atoms with Gasteiger partial charge in [-0.05, 0) is 52.7 Å². The van der Waals surface area contributed by atoms with E-state index in [4.69, 9.17) is 0 Å². The summed E-state index contributed by atoms with van der Waals surface area (Å²) < 4.78 is 30.0. The Hall–Kier alpha value is -1.48. The molecule has 0 saturated carbocycles. The number of hydrogen-bond acceptors (Lipinski definition) is 4. The quantitative estimate of drug-likeness (QED) is 0.698. The lowest BCUT2D eigenvalue weighted by Gasteiger charge is -2.08. The lowest BCUT2D eigenvalue weighted by Crippen LogP contribution is -2.22. The molecule has 0 spiro atoms. The van der Waals surface area contributed by atoms with Crippen LogP contribution in [0.2, 0.25) is 0 Å². The molecule has 2 aromatic heterocycles. The van der Waals surface area contributed by atoms with Crippen LogP contribution in [0.3, 0.4) is 0 Å². The van der Waals surface area contributed by atoms with Gasteiger partial charge < -0.3 is 4.57 Å². The van der Waals surface area contributed by atoms with Gasteiger partial charge >= 0.3 is 0 Å². The Labute approximate surface area is 147 Å². The predicted octanol–water partition coefficient (Wildman–Crippen LogP) is 3.48. The summed E-state index contributed by atoms with van der Waals surface area (Å²) in [7, 11) is -3.47. The van der Waals surface area contributed by atoms with Crippen molar-refractivity contribution >= 4 is 37.3 Å². The highest BCUT2D eigenvalue weighted by Crippen LogP contribution is 2.26. The number of nitrogens with one attached hydrogen (secondary N) is 1. The van der Waals surface area contributed by atoms with Gasteiger partial charge in [0.05, 0.1) is 3.79 Å². The number of benzene rings is 1. The first-order chi connectivity index (χ1) is 11.0. The smallest absolute Gasteiger partial charge is 0.250 e. The first-order valence-corrected chi connectivity index (χ1v) is 9.89. The molecule has 0 saturated heterocycles. The van der Waals surface area contributed by atoms with E-state index in [1.807, 2.05) is 42.0 Å². The number of thiophene rings is 1. The summed E-state index contributed by atoms with van der Waals surface area (Å²) in [5.41, 5.74) is 1.89. The van der Waals surface area contributed by atoms with E-state index in [9.17, 15) is 8.42 Å². The van der Waals surface area contributed by atoms with Gasteiger partial charge in [0.2, 0.25) is 10.0 Å². The fourth-order valence-electron chi connectivity index (χ4n) is 2.12. The first-order valence-electron chi connectivity index (χ1n) is 6.80. The molecule has 23 heavy (non-hydrogen) atoms. The lowest BCUT2D eigenvalue weighted by molar-refractivity contribution is 0.583. The molecule has 0 bridgehead atoms. The van der Waals surface area contributed by atoms with Crippen LogP contribution in [0, 0.1) is 6.92 Å². The topological polar surface area (TPSA) is 64.0 Å². The Balaban J connectivity index is 1.71. The van der Waals surface area contributed by atoms with Gasteiger partial charge in [0.25, 0.3) is 0 Å². The second-order valence-electron chi connectivity index (χ2n) is 4.89. The van der Waals surface area contributed by atoms with E-state index >= 15 is 0 Å². The van der Waals surface area contributed by atoms with Crippen LogP contribution in [-0.4, -0.2) is 18.0 Å². The second kappa shape index (κ2) is 6.56. The average Bonchev–Trinajstić information content (AvgIpc) is 3.15. The van der Waals surface area contributed by atoms with Crippen molar-refractivity contribution < 1.29 is 8.42 Å². The Morgan fingerprint density at radius 3 is 2.52 bits per heavy atom. The minimum atomic E-state index is -3.47. The number of rotatable bonds is 5. The molecule has 1 N–H and O–H groups in total. The van der Waals surface area contributed by atoms with E-state index in [0.717, 1.165) is 20.9 Å². The molecule has 0 unspecified atom stereocenters. The summed E-state index contributed by atoms with van der Waals surface area (Å²) in [5, 5.41) is 0. The van der Waals surface area contributed by atoms with Gasteiger partial charge in [-0.2, -0.15) is 0 Å². The number of hydrogen-bond donors (Lipinski definition) is 1. The minimum absolute atomic E-state index is 0.251. The van der Waals surface area contributed by atoms with Gasteiger partial charge in [0.15, 0.2) is 0 Å². The monoisotopic (exact) mass is 411 g/mol. The van der Waals surface area contributed by atoms with Crippen LogP contribution in [0.1, 0.15) is 11.4 Å². The summed E-state index contributed by atoms with van der Waals surface area (Å²) in [6, 6.07) is 11.0. The molecule has 0 atom stereocenters. The van der Waals surface area contributed by atoms with Crippen molar-refractivity contribution in [2.24, 2.45) is 0 Å². The number of nitrogens with zero attached hydrogens (tertiary/aromatic N) is 2. The van der Waals surface area contributed by atoms with Crippen LogP contribution in [0.15, 0.2) is 56.8 Å². The molecule has 0 aliphatic heterocycles. The zero-order valence-corrected chi connectivity index (χ0v) is 15.5. The fourth-order valence-corrected chi connectivity index (χ4v) is 5.19. The standard InChI is InChI=1S/C15H14BrN3O2S2/c1-11-17-8-9-19(11)13-4-2-12(3-5-13)10-18-23(20,21)15-7-6-14(16)22-15/h2-9,18H,10H2,1H3. The van der Waals surface area contributed by atoms with E-state index in [1.165, 1.54) is 11.3 Å². The third kappa shape index (κ3) is 3.72. The second-order valence-corrected chi connectivity index (χ2v) is 9.35. The van der Waals surface area contributed by atoms with Gasteiger partial charge in [0.1, 0.15) is 10.0 Å². The molecule has 0 aliphatic rings. The van der Waals surface area contributed by atoms with E-state index in [1.54, 1.807) is 18.3 Å². The Morgan fingerprint density at radius 1 is 1.22 bits per heavy atom. The molecule has 1 aromatic carbocycles. The van der Waals surface area contributed by atoms with Crippen LogP contribution in [-0.2, 0) is 16.6 Å². The normalized spacial score (nSPS) is 11.7. The van der Waals surface area contributed by atoms with Gasteiger partial charge in [-0.3, -0.25) is 0 Å². The number of aryl methyl sites for hydroxylation is 1. The van der Waals surface area contributed by atoms with Gasteiger partial charge in [-0.1, -0.05) is 12.1 Å². The molecule has 0 amide bonds. The average molecular weight is 412 g/mol. The number of aromatic nitrogens is 2. The van der Waals surface area contributed by atoms with E-state index in [0.29, 0.717) is 4.21 Å². The van der Waals surface area contributed by atoms with Crippen molar-refractivity contribution in [3.05, 3.63) is 64.0 Å². The van der Waals surface area contributed by atoms with Gasteiger partial charge in [-0.15, -0.1) is 11.3 Å². The molecule has 8 heteroatoms. The maximum atomic E-state index is 12.2. The van der Waals surface area contributed by atoms with Crippen molar-refractivity contribution in [3.63, 3.8) is 0 Å². The van der Waals surface area contributed by atoms with Crippen LogP contribution in [0.25, 0.3) is 5.69 Å². The molecular weight excluding hydrogens is 398 g/mol. The number of imidazole rings is 1. The minimum Gasteiger partial charge on any atom is -0.304 e. The summed E-state index contributed by atoms with van der Waals surface area (Å²) in [6.07, 6.45) is 3.64. The third-order valence-electron chi connectivity index (χ3n) is 3.32. The maximum absolute atomic E-state index is 12.2. The molecule has 0 fully saturated rings. The van der Waals surface area contributed by atoms with Gasteiger partial charge in [-0.25, -0.2) is 18.1 Å². The predicted molar refractivity (Wildman–Crippen MR) is 94.3 cm³/mol. The van der Waals surface area contributed by atoms with E-state index < -0.39 is 10.0 Å². The molecule has 3 aromatic rings. The van der Waals surface area contributed by atoms with Crippen molar-refractivity contribution in [2.75, 3.05) is 0 Å². The van der Waals surface area contributed by atoms with E-state index in [2.05, 4.69) is 25.6 Å². The van der Waals surface area contributed by atoms with Crippen LogP contribution in [0.5, 0.6) is 0 Å². The SMILES string of the molecule is Cc1nccn1-c1ccc(CNS(=O)(=O)c2ccc(Br)s2)cc1. The first kappa shape index (κ1) is 16.4. The summed E-state index contributed by atoms with van der Waals surface area (Å²) in [5.74, 6) is 0.904. The zero-order valence-electron chi connectivity index (χ0n) is 12.2. The number of halogens is 1. The summed E-state index contributed by atoms with van der Waals surface area (Å²) in [6.45, 7) is 2.18. The lowest BCUT2D eigenvalue weighted by atomic mass is 10.2. The zero-order chi connectivity index (χ0) is 16.4. The summed E-state index contributed by atoms with van der Waals surface area (Å²) in [4.78, 5) is 4.19. The number of sulfonamides is 1. The van der Waals surface area contributed by atoms with Crippen molar-refractivity contribution in [1.29, 1.82) is 0 Å². The Bertz CT molecular complexity index is 914. The third-order valence-corrected chi connectivity index (χ3v) is 6.84. The van der Waals surface area contributed by atoms with Crippen molar-refractivity contribution in [3.8, 4) is 5.69 Å². The maximum Gasteiger partial charge on any atom is 0.250 e. The van der Waals surface area contributed by atoms with Crippen molar-refractivity contribution in [2.45, 2.75) is 17.7 Å². The Morgan fingerprint density at radius 2 is 1.96 bits per heavy atom. The van der Waals surface area contributed by atoms with Crippen LogP contribution >= 0.6 is 27.3 Å². The van der Waals surface area contributed by atoms with Gasteiger partial charge in [0, 0.05) is 24.6 Å². The fraction of sp³-hybridized carbons (Fsp3) is 0.133. The molecular formula is C15H14BrN3O2S2. The van der Waals surface area contributed by atoms with Crippen LogP contribution < -0.4 is 4.72 Å². The molecule has 2 heterocycles. The molecule has 0 radical (unpaired) electrons. The van der Waals surface area contributed by atoms with Crippen LogP contribution in [0.4, 0.5) is 0 Å². The van der Waals surface area contributed by atoms with E-state index in [-0.39, 0.29) is 6.54 Å². The molecule has 5 nitrogen and oxygen atoms in total. The highest BCUT2D eigenvalue weighted by atomic mass is 79.9. The molecule has 0 aliphatic carbocycles. The highest BCUT2D eigenvalue weighted by molar-refractivity contribution is 9.11. The van der Waals surface area contributed by atoms with Crippen molar-refractivity contribution in [1.82, 2.24) is 14.3 Å². The molecule has 120 valence electrons.